The highest BCUT2D eigenvalue weighted by Crippen LogP contribution is 2.25. The van der Waals surface area contributed by atoms with Crippen LogP contribution in [-0.2, 0) is 11.2 Å². The summed E-state index contributed by atoms with van der Waals surface area (Å²) in [4.78, 5) is 22.1. The van der Waals surface area contributed by atoms with Gasteiger partial charge in [0.15, 0.2) is 0 Å². The first kappa shape index (κ1) is 15.7. The van der Waals surface area contributed by atoms with Crippen molar-refractivity contribution in [3.05, 3.63) is 53.4 Å². The molecule has 2 heterocycles. The fraction of sp³-hybridized carbons (Fsp3) is 0.444. The molecule has 1 saturated heterocycles. The first-order valence-corrected chi connectivity index (χ1v) is 8.15. The average molecular weight is 315 g/mol. The maximum Gasteiger partial charge on any atom is 0.222 e. The second kappa shape index (κ2) is 6.94. The summed E-state index contributed by atoms with van der Waals surface area (Å²) in [6, 6.07) is 6.37. The van der Waals surface area contributed by atoms with Gasteiger partial charge in [0.2, 0.25) is 5.91 Å². The third-order valence-corrected chi connectivity index (χ3v) is 4.42. The molecular formula is C18H22FN3O. The van der Waals surface area contributed by atoms with E-state index in [4.69, 9.17) is 0 Å². The van der Waals surface area contributed by atoms with E-state index < -0.39 is 0 Å². The van der Waals surface area contributed by atoms with Crippen molar-refractivity contribution in [3.63, 3.8) is 0 Å². The Bertz CT molecular complexity index is 665. The van der Waals surface area contributed by atoms with Gasteiger partial charge in [-0.05, 0) is 43.9 Å². The lowest BCUT2D eigenvalue weighted by Gasteiger charge is -2.32. The molecule has 1 atom stereocenters. The number of imidazole rings is 1. The van der Waals surface area contributed by atoms with Gasteiger partial charge in [-0.2, -0.15) is 0 Å². The number of benzene rings is 1. The summed E-state index contributed by atoms with van der Waals surface area (Å²) in [5.74, 6) is 1.21. The smallest absolute Gasteiger partial charge is 0.222 e. The summed E-state index contributed by atoms with van der Waals surface area (Å²) in [5, 5.41) is 0. The molecule has 5 heteroatoms. The van der Waals surface area contributed by atoms with Gasteiger partial charge in [0.25, 0.3) is 0 Å². The molecule has 0 radical (unpaired) electrons. The van der Waals surface area contributed by atoms with Crippen LogP contribution < -0.4 is 0 Å². The van der Waals surface area contributed by atoms with Gasteiger partial charge in [-0.1, -0.05) is 12.1 Å². The van der Waals surface area contributed by atoms with Crippen LogP contribution in [-0.4, -0.2) is 33.9 Å². The zero-order valence-corrected chi connectivity index (χ0v) is 13.4. The monoisotopic (exact) mass is 315 g/mol. The Morgan fingerprint density at radius 1 is 1.39 bits per heavy atom. The van der Waals surface area contributed by atoms with Crippen LogP contribution in [0.15, 0.2) is 30.5 Å². The van der Waals surface area contributed by atoms with Crippen molar-refractivity contribution in [2.24, 2.45) is 0 Å². The largest absolute Gasteiger partial charge is 0.346 e. The number of nitrogens with zero attached hydrogens (tertiary/aromatic N) is 2. The Kier molecular flexibility index (Phi) is 4.74. The fourth-order valence-electron chi connectivity index (χ4n) is 3.13. The highest BCUT2D eigenvalue weighted by molar-refractivity contribution is 5.76. The molecule has 1 aliphatic heterocycles. The number of piperidine rings is 1. The SMILES string of the molecule is Cc1cnc([C@H]2CCCN(C(=O)CCc3ccc(F)cc3)C2)[nH]1. The van der Waals surface area contributed by atoms with Crippen molar-refractivity contribution < 1.29 is 9.18 Å². The molecule has 0 saturated carbocycles. The third kappa shape index (κ3) is 3.97. The van der Waals surface area contributed by atoms with Gasteiger partial charge in [-0.15, -0.1) is 0 Å². The van der Waals surface area contributed by atoms with E-state index in [1.54, 1.807) is 12.1 Å². The van der Waals surface area contributed by atoms with E-state index in [1.165, 1.54) is 12.1 Å². The van der Waals surface area contributed by atoms with E-state index in [2.05, 4.69) is 9.97 Å². The number of likely N-dealkylation sites (tertiary alicyclic amines) is 1. The third-order valence-electron chi connectivity index (χ3n) is 4.42. The predicted molar refractivity (Wildman–Crippen MR) is 86.6 cm³/mol. The number of aromatic amines is 1. The van der Waals surface area contributed by atoms with Crippen molar-refractivity contribution in [1.29, 1.82) is 0 Å². The Morgan fingerprint density at radius 3 is 2.87 bits per heavy atom. The Balaban J connectivity index is 1.55. The van der Waals surface area contributed by atoms with Crippen molar-refractivity contribution in [2.45, 2.75) is 38.5 Å². The first-order valence-electron chi connectivity index (χ1n) is 8.15. The van der Waals surface area contributed by atoms with Gasteiger partial charge in [0.05, 0.1) is 0 Å². The normalized spacial score (nSPS) is 18.2. The van der Waals surface area contributed by atoms with Crippen molar-refractivity contribution >= 4 is 5.91 Å². The van der Waals surface area contributed by atoms with Crippen LogP contribution in [0, 0.1) is 12.7 Å². The van der Waals surface area contributed by atoms with Crippen LogP contribution in [0.4, 0.5) is 4.39 Å². The zero-order valence-electron chi connectivity index (χ0n) is 13.4. The highest BCUT2D eigenvalue weighted by Gasteiger charge is 2.26. The fourth-order valence-corrected chi connectivity index (χ4v) is 3.13. The zero-order chi connectivity index (χ0) is 16.2. The molecule has 1 fully saturated rings. The number of halogens is 1. The lowest BCUT2D eigenvalue weighted by Crippen LogP contribution is -2.39. The van der Waals surface area contributed by atoms with Crippen molar-refractivity contribution in [1.82, 2.24) is 14.9 Å². The van der Waals surface area contributed by atoms with Gasteiger partial charge in [0.1, 0.15) is 11.6 Å². The van der Waals surface area contributed by atoms with Crippen molar-refractivity contribution in [2.75, 3.05) is 13.1 Å². The summed E-state index contributed by atoms with van der Waals surface area (Å²) < 4.78 is 12.9. The summed E-state index contributed by atoms with van der Waals surface area (Å²) in [6.45, 7) is 3.54. The number of H-pyrrole nitrogens is 1. The van der Waals surface area contributed by atoms with Crippen LogP contribution in [0.3, 0.4) is 0 Å². The molecule has 0 spiro atoms. The van der Waals surface area contributed by atoms with Gasteiger partial charge >= 0.3 is 0 Å². The van der Waals surface area contributed by atoms with Gasteiger partial charge in [-0.25, -0.2) is 9.37 Å². The maximum absolute atomic E-state index is 12.9. The quantitative estimate of drug-likeness (QED) is 0.942. The number of hydrogen-bond donors (Lipinski definition) is 1. The summed E-state index contributed by atoms with van der Waals surface area (Å²) in [6.07, 6.45) is 5.03. The molecule has 3 rings (SSSR count). The Labute approximate surface area is 135 Å². The molecule has 1 aromatic carbocycles. The molecule has 122 valence electrons. The molecule has 2 aromatic rings. The predicted octanol–water partition coefficient (Wildman–Crippen LogP) is 3.20. The molecule has 1 N–H and O–H groups in total. The number of hydrogen-bond acceptors (Lipinski definition) is 2. The molecule has 1 amide bonds. The van der Waals surface area contributed by atoms with Crippen molar-refractivity contribution in [3.8, 4) is 0 Å². The lowest BCUT2D eigenvalue weighted by molar-refractivity contribution is -0.132. The second-order valence-corrected chi connectivity index (χ2v) is 6.26. The van der Waals surface area contributed by atoms with Crippen LogP contribution in [0.5, 0.6) is 0 Å². The van der Waals surface area contributed by atoms with Crippen LogP contribution >= 0.6 is 0 Å². The number of amides is 1. The standard InChI is InChI=1S/C18H22FN3O/c1-13-11-20-18(21-13)15-3-2-10-22(12-15)17(23)9-6-14-4-7-16(19)8-5-14/h4-5,7-8,11,15H,2-3,6,9-10,12H2,1H3,(H,20,21)/t15-/m0/s1. The second-order valence-electron chi connectivity index (χ2n) is 6.26. The molecule has 0 unspecified atom stereocenters. The van der Waals surface area contributed by atoms with E-state index >= 15 is 0 Å². The highest BCUT2D eigenvalue weighted by atomic mass is 19.1. The number of rotatable bonds is 4. The molecular weight excluding hydrogens is 293 g/mol. The van der Waals surface area contributed by atoms with Gasteiger partial charge in [-0.3, -0.25) is 4.79 Å². The lowest BCUT2D eigenvalue weighted by atomic mass is 9.97. The Hall–Kier alpha value is -2.17. The molecule has 0 bridgehead atoms. The van der Waals surface area contributed by atoms with E-state index in [9.17, 15) is 9.18 Å². The number of aryl methyl sites for hydroxylation is 2. The summed E-state index contributed by atoms with van der Waals surface area (Å²) in [5.41, 5.74) is 2.05. The molecule has 1 aliphatic rings. The number of carbonyl (C=O) groups is 1. The minimum absolute atomic E-state index is 0.169. The molecule has 0 aliphatic carbocycles. The molecule has 1 aromatic heterocycles. The maximum atomic E-state index is 12.9. The van der Waals surface area contributed by atoms with E-state index in [1.807, 2.05) is 18.0 Å². The van der Waals surface area contributed by atoms with Crippen LogP contribution in [0.1, 0.15) is 42.3 Å². The van der Waals surface area contributed by atoms with Crippen LogP contribution in [0.25, 0.3) is 0 Å². The molecule has 4 nitrogen and oxygen atoms in total. The first-order chi connectivity index (χ1) is 11.1. The van der Waals surface area contributed by atoms with E-state index in [0.717, 1.165) is 43.0 Å². The number of carbonyl (C=O) groups excluding carboxylic acids is 1. The topological polar surface area (TPSA) is 49.0 Å². The summed E-state index contributed by atoms with van der Waals surface area (Å²) in [7, 11) is 0. The van der Waals surface area contributed by atoms with Gasteiger partial charge < -0.3 is 9.88 Å². The number of nitrogens with one attached hydrogen (secondary N) is 1. The summed E-state index contributed by atoms with van der Waals surface area (Å²) >= 11 is 0. The van der Waals surface area contributed by atoms with E-state index in [0.29, 0.717) is 18.8 Å². The average Bonchev–Trinajstić information content (AvgIpc) is 3.01. The van der Waals surface area contributed by atoms with E-state index in [-0.39, 0.29) is 11.7 Å². The van der Waals surface area contributed by atoms with Crippen LogP contribution in [0.2, 0.25) is 0 Å². The minimum atomic E-state index is -0.243. The van der Waals surface area contributed by atoms with Gasteiger partial charge in [0, 0.05) is 37.3 Å². The molecule has 23 heavy (non-hydrogen) atoms. The Morgan fingerprint density at radius 2 is 2.17 bits per heavy atom. The number of aromatic nitrogens is 2. The minimum Gasteiger partial charge on any atom is -0.346 e.